The Morgan fingerprint density at radius 2 is 2.16 bits per heavy atom. The lowest BCUT2D eigenvalue weighted by Crippen LogP contribution is -2.31. The van der Waals surface area contributed by atoms with Crippen molar-refractivity contribution < 1.29 is 18.3 Å². The van der Waals surface area contributed by atoms with Crippen LogP contribution in [0.2, 0.25) is 0 Å². The van der Waals surface area contributed by atoms with Crippen LogP contribution in [0.4, 0.5) is 0 Å². The number of nitrogens with one attached hydrogen (secondary N) is 2. The summed E-state index contributed by atoms with van der Waals surface area (Å²) in [5.74, 6) is -0.363. The number of aliphatic hydroxyl groups excluding tert-OH is 1. The van der Waals surface area contributed by atoms with Crippen molar-refractivity contribution in [1.29, 1.82) is 0 Å². The van der Waals surface area contributed by atoms with Crippen LogP contribution in [0.3, 0.4) is 0 Å². The fraction of sp³-hybridized carbons (Fsp3) is 0.545. The van der Waals surface area contributed by atoms with Crippen molar-refractivity contribution in [3.8, 4) is 0 Å². The van der Waals surface area contributed by atoms with E-state index in [-0.39, 0.29) is 23.0 Å². The van der Waals surface area contributed by atoms with Crippen molar-refractivity contribution in [1.82, 2.24) is 14.6 Å². The highest BCUT2D eigenvalue weighted by Gasteiger charge is 2.20. The summed E-state index contributed by atoms with van der Waals surface area (Å²) in [7, 11) is -0.660. The van der Waals surface area contributed by atoms with Gasteiger partial charge in [-0.15, -0.1) is 0 Å². The topological polar surface area (TPSA) is 100 Å². The van der Waals surface area contributed by atoms with Gasteiger partial charge in [-0.25, -0.2) is 13.1 Å². The van der Waals surface area contributed by atoms with Crippen molar-refractivity contribution in [3.05, 3.63) is 18.0 Å². The molecule has 0 bridgehead atoms. The second kappa shape index (κ2) is 6.18. The predicted octanol–water partition coefficient (Wildman–Crippen LogP) is -0.566. The number of amides is 1. The van der Waals surface area contributed by atoms with E-state index in [4.69, 9.17) is 0 Å². The number of carbonyl (C=O) groups excluding carboxylic acids is 1. The lowest BCUT2D eigenvalue weighted by molar-refractivity contribution is 0.0955. The number of hydrogen-bond acceptors (Lipinski definition) is 4. The molecule has 0 aliphatic carbocycles. The third-order valence-electron chi connectivity index (χ3n) is 2.73. The molecule has 0 fully saturated rings. The van der Waals surface area contributed by atoms with Crippen LogP contribution in [-0.4, -0.2) is 43.7 Å². The van der Waals surface area contributed by atoms with Gasteiger partial charge in [0.1, 0.15) is 10.6 Å². The highest BCUT2D eigenvalue weighted by Crippen LogP contribution is 2.13. The van der Waals surface area contributed by atoms with Gasteiger partial charge in [0.15, 0.2) is 0 Å². The first kappa shape index (κ1) is 15.7. The summed E-state index contributed by atoms with van der Waals surface area (Å²) in [5, 5.41) is 11.8. The maximum Gasteiger partial charge on any atom is 0.267 e. The Labute approximate surface area is 112 Å². The van der Waals surface area contributed by atoms with Gasteiger partial charge in [0, 0.05) is 26.8 Å². The molecule has 1 aromatic rings. The Hall–Kier alpha value is -1.38. The molecule has 0 aliphatic heterocycles. The maximum absolute atomic E-state index is 12.0. The Morgan fingerprint density at radius 1 is 1.53 bits per heavy atom. The first-order chi connectivity index (χ1) is 8.81. The Bertz CT molecular complexity index is 550. The lowest BCUT2D eigenvalue weighted by Gasteiger charge is -2.08. The summed E-state index contributed by atoms with van der Waals surface area (Å²) in [6.45, 7) is 1.70. The monoisotopic (exact) mass is 289 g/mol. The number of carbonyl (C=O) groups is 1. The number of aromatic nitrogens is 1. The van der Waals surface area contributed by atoms with Crippen LogP contribution in [0.5, 0.6) is 0 Å². The van der Waals surface area contributed by atoms with Crippen LogP contribution in [0.15, 0.2) is 17.2 Å². The summed E-state index contributed by atoms with van der Waals surface area (Å²) < 4.78 is 27.7. The van der Waals surface area contributed by atoms with Crippen LogP contribution in [-0.2, 0) is 17.1 Å². The average Bonchev–Trinajstić information content (AvgIpc) is 2.78. The smallest absolute Gasteiger partial charge is 0.267 e. The van der Waals surface area contributed by atoms with Gasteiger partial charge in [-0.2, -0.15) is 0 Å². The molecule has 1 atom stereocenters. The fourth-order valence-electron chi connectivity index (χ4n) is 1.47. The Balaban J connectivity index is 2.93. The highest BCUT2D eigenvalue weighted by molar-refractivity contribution is 7.89. The van der Waals surface area contributed by atoms with Gasteiger partial charge < -0.3 is 15.0 Å². The molecule has 0 aliphatic rings. The zero-order chi connectivity index (χ0) is 14.6. The highest BCUT2D eigenvalue weighted by atomic mass is 32.2. The van der Waals surface area contributed by atoms with Gasteiger partial charge in [-0.05, 0) is 12.5 Å². The van der Waals surface area contributed by atoms with E-state index in [1.54, 1.807) is 14.0 Å². The first-order valence-electron chi connectivity index (χ1n) is 5.88. The molecular formula is C11H19N3O4S. The second-order valence-electron chi connectivity index (χ2n) is 4.17. The number of aryl methyl sites for hydroxylation is 1. The lowest BCUT2D eigenvalue weighted by atomic mass is 10.3. The van der Waals surface area contributed by atoms with Crippen molar-refractivity contribution in [2.45, 2.75) is 24.3 Å². The van der Waals surface area contributed by atoms with Crippen LogP contribution >= 0.6 is 0 Å². The van der Waals surface area contributed by atoms with Crippen molar-refractivity contribution in [2.24, 2.45) is 7.05 Å². The van der Waals surface area contributed by atoms with Crippen LogP contribution in [0, 0.1) is 0 Å². The first-order valence-corrected chi connectivity index (χ1v) is 7.36. The van der Waals surface area contributed by atoms with Gasteiger partial charge >= 0.3 is 0 Å². The molecule has 1 rings (SSSR count). The Morgan fingerprint density at radius 3 is 2.68 bits per heavy atom. The molecule has 0 saturated carbocycles. The normalized spacial score (nSPS) is 13.3. The summed E-state index contributed by atoms with van der Waals surface area (Å²) in [5.41, 5.74) is 0.249. The zero-order valence-corrected chi connectivity index (χ0v) is 12.0. The van der Waals surface area contributed by atoms with Gasteiger partial charge in [-0.3, -0.25) is 4.79 Å². The van der Waals surface area contributed by atoms with E-state index < -0.39 is 16.1 Å². The van der Waals surface area contributed by atoms with Crippen LogP contribution in [0.1, 0.15) is 23.8 Å². The quantitative estimate of drug-likeness (QED) is 0.653. The largest absolute Gasteiger partial charge is 0.392 e. The predicted molar refractivity (Wildman–Crippen MR) is 70.3 cm³/mol. The van der Waals surface area contributed by atoms with Crippen LogP contribution < -0.4 is 10.0 Å². The van der Waals surface area contributed by atoms with Gasteiger partial charge in [0.05, 0.1) is 6.10 Å². The van der Waals surface area contributed by atoms with E-state index >= 15 is 0 Å². The van der Waals surface area contributed by atoms with E-state index in [1.165, 1.54) is 23.9 Å². The van der Waals surface area contributed by atoms with Gasteiger partial charge in [0.2, 0.25) is 10.0 Å². The minimum absolute atomic E-state index is 0.00287. The van der Waals surface area contributed by atoms with E-state index in [1.807, 2.05) is 0 Å². The van der Waals surface area contributed by atoms with Crippen molar-refractivity contribution in [2.75, 3.05) is 13.6 Å². The summed E-state index contributed by atoms with van der Waals surface area (Å²) in [6, 6.07) is 1.29. The van der Waals surface area contributed by atoms with E-state index in [2.05, 4.69) is 10.0 Å². The number of sulfonamides is 1. The minimum atomic E-state index is -3.72. The summed E-state index contributed by atoms with van der Waals surface area (Å²) >= 11 is 0. The molecule has 0 radical (unpaired) electrons. The minimum Gasteiger partial charge on any atom is -0.392 e. The van der Waals surface area contributed by atoms with E-state index in [0.717, 1.165) is 0 Å². The third-order valence-corrected chi connectivity index (χ3v) is 4.12. The standard InChI is InChI=1S/C11H19N3O4S/c1-4-8(15)6-13-19(17,18)9-5-10(11(16)12-2)14(3)7-9/h5,7-8,13,15H,4,6H2,1-3H3,(H,12,16). The zero-order valence-electron chi connectivity index (χ0n) is 11.2. The molecule has 108 valence electrons. The summed E-state index contributed by atoms with van der Waals surface area (Å²) in [4.78, 5) is 11.5. The third kappa shape index (κ3) is 3.79. The molecule has 1 amide bonds. The molecule has 8 heteroatoms. The molecular weight excluding hydrogens is 270 g/mol. The van der Waals surface area contributed by atoms with E-state index in [9.17, 15) is 18.3 Å². The van der Waals surface area contributed by atoms with E-state index in [0.29, 0.717) is 6.42 Å². The fourth-order valence-corrected chi connectivity index (χ4v) is 2.61. The van der Waals surface area contributed by atoms with Crippen molar-refractivity contribution in [3.63, 3.8) is 0 Å². The maximum atomic E-state index is 12.0. The second-order valence-corrected chi connectivity index (χ2v) is 5.93. The molecule has 3 N–H and O–H groups in total. The molecule has 1 unspecified atom stereocenters. The molecule has 1 heterocycles. The van der Waals surface area contributed by atoms with Gasteiger partial charge in [0.25, 0.3) is 5.91 Å². The number of aliphatic hydroxyl groups is 1. The van der Waals surface area contributed by atoms with Gasteiger partial charge in [-0.1, -0.05) is 6.92 Å². The molecule has 7 nitrogen and oxygen atoms in total. The summed E-state index contributed by atoms with van der Waals surface area (Å²) in [6.07, 6.45) is 1.09. The average molecular weight is 289 g/mol. The Kier molecular flexibility index (Phi) is 5.10. The molecule has 0 saturated heterocycles. The SMILES string of the molecule is CCC(O)CNS(=O)(=O)c1cc(C(=O)NC)n(C)c1. The molecule has 0 aromatic carbocycles. The molecule has 1 aromatic heterocycles. The number of nitrogens with zero attached hydrogens (tertiary/aromatic N) is 1. The number of rotatable bonds is 6. The van der Waals surface area contributed by atoms with Crippen LogP contribution in [0.25, 0.3) is 0 Å². The van der Waals surface area contributed by atoms with Crippen molar-refractivity contribution >= 4 is 15.9 Å². The number of hydrogen-bond donors (Lipinski definition) is 3. The molecule has 0 spiro atoms. The molecule has 19 heavy (non-hydrogen) atoms.